The van der Waals surface area contributed by atoms with Gasteiger partial charge in [0.1, 0.15) is 0 Å². The van der Waals surface area contributed by atoms with E-state index in [9.17, 15) is 0 Å². The maximum Gasteiger partial charge on any atom is 0.0790 e. The average Bonchev–Trinajstić information content (AvgIpc) is 2.83. The van der Waals surface area contributed by atoms with E-state index in [1.54, 1.807) is 0 Å². The number of aryl methyl sites for hydroxylation is 1. The van der Waals surface area contributed by atoms with Gasteiger partial charge in [0.2, 0.25) is 0 Å². The van der Waals surface area contributed by atoms with E-state index >= 15 is 0 Å². The fourth-order valence-electron chi connectivity index (χ4n) is 2.02. The Labute approximate surface area is 109 Å². The minimum Gasteiger partial charge on any atom is -0.308 e. The van der Waals surface area contributed by atoms with Crippen molar-refractivity contribution in [3.8, 4) is 0 Å². The van der Waals surface area contributed by atoms with Crippen LogP contribution in [0.1, 0.15) is 37.1 Å². The Balaban J connectivity index is 1.88. The molecule has 3 heteroatoms. The summed E-state index contributed by atoms with van der Waals surface area (Å²) in [5, 5.41) is 7.95. The molecule has 18 heavy (non-hydrogen) atoms. The molecule has 0 radical (unpaired) electrons. The molecule has 0 spiro atoms. The molecule has 96 valence electrons. The van der Waals surface area contributed by atoms with E-state index in [2.05, 4.69) is 60.7 Å². The van der Waals surface area contributed by atoms with Gasteiger partial charge in [0.05, 0.1) is 5.69 Å². The third-order valence-corrected chi connectivity index (χ3v) is 3.28. The third kappa shape index (κ3) is 3.20. The molecular formula is C15H21N3. The second-order valence-corrected chi connectivity index (χ2v) is 4.86. The summed E-state index contributed by atoms with van der Waals surface area (Å²) in [5.41, 5.74) is 2.47. The maximum absolute atomic E-state index is 4.42. The normalized spacial score (nSPS) is 14.4. The van der Waals surface area contributed by atoms with Gasteiger partial charge in [-0.2, -0.15) is 5.10 Å². The summed E-state index contributed by atoms with van der Waals surface area (Å²) in [6.07, 6.45) is 1.98. The standard InChI is InChI=1S/C15H21N3/c1-12(14-7-5-4-6-8-14)11-16-13(2)15-9-10-18(3)17-15/h4-10,12-13,16H,11H2,1-3H3. The summed E-state index contributed by atoms with van der Waals surface area (Å²) in [6.45, 7) is 5.36. The number of nitrogens with one attached hydrogen (secondary N) is 1. The summed E-state index contributed by atoms with van der Waals surface area (Å²) in [5.74, 6) is 0.511. The number of aromatic nitrogens is 2. The van der Waals surface area contributed by atoms with Crippen molar-refractivity contribution in [3.63, 3.8) is 0 Å². The molecule has 1 aromatic heterocycles. The Morgan fingerprint density at radius 1 is 1.17 bits per heavy atom. The average molecular weight is 243 g/mol. The first-order chi connectivity index (χ1) is 8.66. The van der Waals surface area contributed by atoms with Crippen LogP contribution in [0.3, 0.4) is 0 Å². The fourth-order valence-corrected chi connectivity index (χ4v) is 2.02. The van der Waals surface area contributed by atoms with Gasteiger partial charge in [-0.15, -0.1) is 0 Å². The first-order valence-corrected chi connectivity index (χ1v) is 6.44. The Morgan fingerprint density at radius 2 is 1.89 bits per heavy atom. The van der Waals surface area contributed by atoms with Crippen molar-refractivity contribution in [1.82, 2.24) is 15.1 Å². The van der Waals surface area contributed by atoms with Crippen LogP contribution in [0, 0.1) is 0 Å². The maximum atomic E-state index is 4.42. The lowest BCUT2D eigenvalue weighted by molar-refractivity contribution is 0.521. The zero-order chi connectivity index (χ0) is 13.0. The summed E-state index contributed by atoms with van der Waals surface area (Å²) < 4.78 is 1.84. The van der Waals surface area contributed by atoms with Crippen molar-refractivity contribution in [1.29, 1.82) is 0 Å². The SMILES string of the molecule is CC(CNC(C)c1ccn(C)n1)c1ccccc1. The molecule has 1 aromatic carbocycles. The highest BCUT2D eigenvalue weighted by Crippen LogP contribution is 2.15. The molecule has 1 heterocycles. The van der Waals surface area contributed by atoms with Crippen LogP contribution in [-0.4, -0.2) is 16.3 Å². The summed E-state index contributed by atoms with van der Waals surface area (Å²) in [4.78, 5) is 0. The molecule has 2 unspecified atom stereocenters. The number of benzene rings is 1. The van der Waals surface area contributed by atoms with E-state index in [1.165, 1.54) is 5.56 Å². The molecule has 0 aliphatic heterocycles. The van der Waals surface area contributed by atoms with Gasteiger partial charge in [-0.25, -0.2) is 0 Å². The Kier molecular flexibility index (Phi) is 4.15. The Bertz CT molecular complexity index is 475. The van der Waals surface area contributed by atoms with Crippen LogP contribution in [0.5, 0.6) is 0 Å². The van der Waals surface area contributed by atoms with Crippen molar-refractivity contribution >= 4 is 0 Å². The second kappa shape index (κ2) is 5.83. The zero-order valence-corrected chi connectivity index (χ0v) is 11.3. The van der Waals surface area contributed by atoms with Crippen LogP contribution in [-0.2, 0) is 7.05 Å². The zero-order valence-electron chi connectivity index (χ0n) is 11.3. The van der Waals surface area contributed by atoms with Crippen LogP contribution in [0.2, 0.25) is 0 Å². The quantitative estimate of drug-likeness (QED) is 0.875. The van der Waals surface area contributed by atoms with Crippen LogP contribution in [0.25, 0.3) is 0 Å². The summed E-state index contributed by atoms with van der Waals surface area (Å²) in [7, 11) is 1.95. The molecule has 2 rings (SSSR count). The molecule has 0 aliphatic rings. The Hall–Kier alpha value is -1.61. The molecule has 3 nitrogen and oxygen atoms in total. The lowest BCUT2D eigenvalue weighted by Crippen LogP contribution is -2.24. The van der Waals surface area contributed by atoms with E-state index in [1.807, 2.05) is 17.9 Å². The first kappa shape index (κ1) is 12.8. The van der Waals surface area contributed by atoms with Gasteiger partial charge >= 0.3 is 0 Å². The van der Waals surface area contributed by atoms with E-state index < -0.39 is 0 Å². The number of hydrogen-bond donors (Lipinski definition) is 1. The molecule has 2 aromatic rings. The highest BCUT2D eigenvalue weighted by Gasteiger charge is 2.10. The summed E-state index contributed by atoms with van der Waals surface area (Å²) in [6, 6.07) is 12.9. The van der Waals surface area contributed by atoms with Crippen molar-refractivity contribution < 1.29 is 0 Å². The molecule has 1 N–H and O–H groups in total. The lowest BCUT2D eigenvalue weighted by atomic mass is 10.0. The van der Waals surface area contributed by atoms with Crippen LogP contribution in [0.4, 0.5) is 0 Å². The Morgan fingerprint density at radius 3 is 2.50 bits per heavy atom. The highest BCUT2D eigenvalue weighted by atomic mass is 15.3. The molecule has 0 amide bonds. The van der Waals surface area contributed by atoms with Gasteiger partial charge in [-0.3, -0.25) is 4.68 Å². The van der Waals surface area contributed by atoms with Gasteiger partial charge in [0.15, 0.2) is 0 Å². The predicted octanol–water partition coefficient (Wildman–Crippen LogP) is 2.87. The minimum atomic E-state index is 0.289. The number of hydrogen-bond acceptors (Lipinski definition) is 2. The topological polar surface area (TPSA) is 29.9 Å². The van der Waals surface area contributed by atoms with Gasteiger partial charge in [-0.05, 0) is 24.5 Å². The van der Waals surface area contributed by atoms with Crippen molar-refractivity contribution in [2.24, 2.45) is 7.05 Å². The van der Waals surface area contributed by atoms with E-state index in [-0.39, 0.29) is 6.04 Å². The molecular weight excluding hydrogens is 222 g/mol. The molecule has 0 saturated heterocycles. The monoisotopic (exact) mass is 243 g/mol. The summed E-state index contributed by atoms with van der Waals surface area (Å²) >= 11 is 0. The predicted molar refractivity (Wildman–Crippen MR) is 74.5 cm³/mol. The molecule has 0 aliphatic carbocycles. The van der Waals surface area contributed by atoms with E-state index in [0.29, 0.717) is 5.92 Å². The molecule has 0 fully saturated rings. The second-order valence-electron chi connectivity index (χ2n) is 4.86. The number of nitrogens with zero attached hydrogens (tertiary/aromatic N) is 2. The van der Waals surface area contributed by atoms with Crippen LogP contribution >= 0.6 is 0 Å². The van der Waals surface area contributed by atoms with E-state index in [0.717, 1.165) is 12.2 Å². The smallest absolute Gasteiger partial charge is 0.0790 e. The van der Waals surface area contributed by atoms with Crippen molar-refractivity contribution in [2.75, 3.05) is 6.54 Å². The van der Waals surface area contributed by atoms with Crippen LogP contribution in [0.15, 0.2) is 42.6 Å². The lowest BCUT2D eigenvalue weighted by Gasteiger charge is -2.16. The molecule has 0 saturated carbocycles. The van der Waals surface area contributed by atoms with Crippen molar-refractivity contribution in [2.45, 2.75) is 25.8 Å². The van der Waals surface area contributed by atoms with Gasteiger partial charge < -0.3 is 5.32 Å². The third-order valence-electron chi connectivity index (χ3n) is 3.28. The van der Waals surface area contributed by atoms with E-state index in [4.69, 9.17) is 0 Å². The molecule has 0 bridgehead atoms. The van der Waals surface area contributed by atoms with Crippen LogP contribution < -0.4 is 5.32 Å². The van der Waals surface area contributed by atoms with Gasteiger partial charge in [0.25, 0.3) is 0 Å². The first-order valence-electron chi connectivity index (χ1n) is 6.44. The number of rotatable bonds is 5. The highest BCUT2D eigenvalue weighted by molar-refractivity contribution is 5.19. The largest absolute Gasteiger partial charge is 0.308 e. The van der Waals surface area contributed by atoms with Gasteiger partial charge in [-0.1, -0.05) is 37.3 Å². The van der Waals surface area contributed by atoms with Gasteiger partial charge in [0, 0.05) is 25.8 Å². The molecule has 2 atom stereocenters. The minimum absolute atomic E-state index is 0.289. The van der Waals surface area contributed by atoms with Crippen molar-refractivity contribution in [3.05, 3.63) is 53.9 Å². The fraction of sp³-hybridized carbons (Fsp3) is 0.400.